The molecule has 0 aliphatic carbocycles. The summed E-state index contributed by atoms with van der Waals surface area (Å²) in [5, 5.41) is 4.64. The lowest BCUT2D eigenvalue weighted by atomic mass is 10.1. The minimum absolute atomic E-state index is 0.277. The molecular weight excluding hydrogens is 256 g/mol. The van der Waals surface area contributed by atoms with Gasteiger partial charge in [0.15, 0.2) is 0 Å². The summed E-state index contributed by atoms with van der Waals surface area (Å²) < 4.78 is 5.25. The molecule has 2 rings (SSSR count). The third-order valence-corrected chi connectivity index (χ3v) is 4.30. The quantitative estimate of drug-likeness (QED) is 0.905. The van der Waals surface area contributed by atoms with E-state index in [1.54, 1.807) is 18.4 Å². The first-order chi connectivity index (χ1) is 9.10. The Morgan fingerprint density at radius 3 is 2.79 bits per heavy atom. The predicted molar refractivity (Wildman–Crippen MR) is 79.8 cm³/mol. The van der Waals surface area contributed by atoms with Gasteiger partial charge < -0.3 is 10.1 Å². The summed E-state index contributed by atoms with van der Waals surface area (Å²) in [5.41, 5.74) is 2.36. The number of aryl methyl sites for hydroxylation is 2. The zero-order chi connectivity index (χ0) is 13.8. The molecule has 4 heteroatoms. The zero-order valence-electron chi connectivity index (χ0n) is 11.9. The molecule has 19 heavy (non-hydrogen) atoms. The maximum absolute atomic E-state index is 5.25. The molecule has 0 radical (unpaired) electrons. The average molecular weight is 276 g/mol. The number of aromatic nitrogens is 1. The fourth-order valence-corrected chi connectivity index (χ4v) is 2.77. The number of nitrogens with zero attached hydrogens (tertiary/aromatic N) is 1. The molecule has 0 unspecified atom stereocenters. The summed E-state index contributed by atoms with van der Waals surface area (Å²) >= 11 is 1.76. The van der Waals surface area contributed by atoms with Crippen LogP contribution >= 0.6 is 11.3 Å². The number of hydrogen-bond acceptors (Lipinski definition) is 4. The largest absolute Gasteiger partial charge is 0.497 e. The van der Waals surface area contributed by atoms with E-state index in [2.05, 4.69) is 43.2 Å². The van der Waals surface area contributed by atoms with Crippen molar-refractivity contribution in [3.05, 3.63) is 45.4 Å². The standard InChI is InChI=1S/C15H20N2OS/c1-10-12(3)19-15(17-10)9-16-11(2)13-6-5-7-14(8-13)18-4/h5-8,11,16H,9H2,1-4H3/t11-/m0/s1. The zero-order valence-corrected chi connectivity index (χ0v) is 12.7. The highest BCUT2D eigenvalue weighted by atomic mass is 32.1. The highest BCUT2D eigenvalue weighted by Gasteiger charge is 2.08. The Hall–Kier alpha value is -1.39. The Morgan fingerprint density at radius 1 is 1.37 bits per heavy atom. The molecule has 3 nitrogen and oxygen atoms in total. The number of rotatable bonds is 5. The fraction of sp³-hybridized carbons (Fsp3) is 0.400. The molecule has 0 spiro atoms. The van der Waals surface area contributed by atoms with Crippen LogP contribution < -0.4 is 10.1 Å². The van der Waals surface area contributed by atoms with Crippen LogP contribution in [0.1, 0.15) is 34.1 Å². The van der Waals surface area contributed by atoms with Crippen LogP contribution in [0.15, 0.2) is 24.3 Å². The molecule has 0 amide bonds. The second-order valence-corrected chi connectivity index (χ2v) is 5.92. The Labute approximate surface area is 118 Å². The first-order valence-electron chi connectivity index (χ1n) is 6.40. The molecule has 1 aromatic carbocycles. The molecule has 0 saturated carbocycles. The van der Waals surface area contributed by atoms with Crippen LogP contribution in [-0.4, -0.2) is 12.1 Å². The number of hydrogen-bond donors (Lipinski definition) is 1. The second kappa shape index (κ2) is 6.17. The maximum atomic E-state index is 5.25. The van der Waals surface area contributed by atoms with Gasteiger partial charge in [0.2, 0.25) is 0 Å². The number of thiazole rings is 1. The Morgan fingerprint density at radius 2 is 2.16 bits per heavy atom. The monoisotopic (exact) mass is 276 g/mol. The molecule has 0 fully saturated rings. The molecule has 0 saturated heterocycles. The highest BCUT2D eigenvalue weighted by molar-refractivity contribution is 7.11. The summed E-state index contributed by atoms with van der Waals surface area (Å²) in [7, 11) is 1.69. The number of benzene rings is 1. The van der Waals surface area contributed by atoms with Crippen LogP contribution in [0, 0.1) is 13.8 Å². The molecule has 1 aromatic heterocycles. The number of nitrogens with one attached hydrogen (secondary N) is 1. The fourth-order valence-electron chi connectivity index (χ4n) is 1.88. The van der Waals surface area contributed by atoms with Gasteiger partial charge >= 0.3 is 0 Å². The molecule has 1 heterocycles. The Bertz CT molecular complexity index is 531. The van der Waals surface area contributed by atoms with Crippen molar-refractivity contribution in [1.82, 2.24) is 10.3 Å². The molecule has 0 aliphatic heterocycles. The third kappa shape index (κ3) is 3.55. The van der Waals surface area contributed by atoms with Crippen LogP contribution in [-0.2, 0) is 6.54 Å². The smallest absolute Gasteiger partial charge is 0.119 e. The minimum Gasteiger partial charge on any atom is -0.497 e. The molecule has 102 valence electrons. The second-order valence-electron chi connectivity index (χ2n) is 4.63. The van der Waals surface area contributed by atoms with Gasteiger partial charge in [-0.05, 0) is 38.5 Å². The van der Waals surface area contributed by atoms with Crippen molar-refractivity contribution in [3.8, 4) is 5.75 Å². The van der Waals surface area contributed by atoms with Gasteiger partial charge in [-0.25, -0.2) is 4.98 Å². The summed E-state index contributed by atoms with van der Waals surface area (Å²) in [6, 6.07) is 8.43. The SMILES string of the molecule is COc1cccc([C@H](C)NCc2nc(C)c(C)s2)c1. The topological polar surface area (TPSA) is 34.1 Å². The van der Waals surface area contributed by atoms with Crippen molar-refractivity contribution < 1.29 is 4.74 Å². The first kappa shape index (κ1) is 14.0. The minimum atomic E-state index is 0.277. The lowest BCUT2D eigenvalue weighted by Crippen LogP contribution is -2.18. The van der Waals surface area contributed by atoms with Crippen molar-refractivity contribution in [3.63, 3.8) is 0 Å². The number of ether oxygens (including phenoxy) is 1. The van der Waals surface area contributed by atoms with Crippen LogP contribution in [0.2, 0.25) is 0 Å². The van der Waals surface area contributed by atoms with Crippen molar-refractivity contribution in [2.24, 2.45) is 0 Å². The van der Waals surface area contributed by atoms with Crippen LogP contribution in [0.4, 0.5) is 0 Å². The van der Waals surface area contributed by atoms with Crippen molar-refractivity contribution in [2.75, 3.05) is 7.11 Å². The molecule has 0 bridgehead atoms. The summed E-state index contributed by atoms with van der Waals surface area (Å²) in [6.45, 7) is 7.13. The lowest BCUT2D eigenvalue weighted by Gasteiger charge is -2.14. The Balaban J connectivity index is 1.98. The van der Waals surface area contributed by atoms with E-state index < -0.39 is 0 Å². The van der Waals surface area contributed by atoms with E-state index in [9.17, 15) is 0 Å². The molecule has 2 aromatic rings. The lowest BCUT2D eigenvalue weighted by molar-refractivity contribution is 0.413. The van der Waals surface area contributed by atoms with Gasteiger partial charge in [-0.3, -0.25) is 0 Å². The first-order valence-corrected chi connectivity index (χ1v) is 7.22. The highest BCUT2D eigenvalue weighted by Crippen LogP contribution is 2.20. The van der Waals surface area contributed by atoms with Gasteiger partial charge in [-0.2, -0.15) is 0 Å². The van der Waals surface area contributed by atoms with Crippen LogP contribution in [0.3, 0.4) is 0 Å². The summed E-state index contributed by atoms with van der Waals surface area (Å²) in [5.74, 6) is 0.895. The Kier molecular flexibility index (Phi) is 4.56. The van der Waals surface area contributed by atoms with E-state index in [0.29, 0.717) is 0 Å². The van der Waals surface area contributed by atoms with Crippen LogP contribution in [0.5, 0.6) is 5.75 Å². The van der Waals surface area contributed by atoms with E-state index in [1.807, 2.05) is 12.1 Å². The van der Waals surface area contributed by atoms with Gasteiger partial charge in [-0.1, -0.05) is 12.1 Å². The normalized spacial score (nSPS) is 12.4. The van der Waals surface area contributed by atoms with Crippen molar-refractivity contribution in [2.45, 2.75) is 33.4 Å². The van der Waals surface area contributed by atoms with Crippen molar-refractivity contribution in [1.29, 1.82) is 0 Å². The molecule has 1 atom stereocenters. The van der Waals surface area contributed by atoms with Gasteiger partial charge in [-0.15, -0.1) is 11.3 Å². The van der Waals surface area contributed by atoms with Gasteiger partial charge in [0, 0.05) is 17.5 Å². The van der Waals surface area contributed by atoms with Gasteiger partial charge in [0.05, 0.1) is 12.8 Å². The molecule has 1 N–H and O–H groups in total. The molecular formula is C15H20N2OS. The summed E-state index contributed by atoms with van der Waals surface area (Å²) in [4.78, 5) is 5.84. The van der Waals surface area contributed by atoms with Crippen LogP contribution in [0.25, 0.3) is 0 Å². The molecule has 0 aliphatic rings. The number of methoxy groups -OCH3 is 1. The average Bonchev–Trinajstić information content (AvgIpc) is 2.75. The van der Waals surface area contributed by atoms with Gasteiger partial charge in [0.25, 0.3) is 0 Å². The van der Waals surface area contributed by atoms with Crippen molar-refractivity contribution >= 4 is 11.3 Å². The van der Waals surface area contributed by atoms with E-state index in [-0.39, 0.29) is 6.04 Å². The summed E-state index contributed by atoms with van der Waals surface area (Å²) in [6.07, 6.45) is 0. The third-order valence-electron chi connectivity index (χ3n) is 3.23. The van der Waals surface area contributed by atoms with E-state index in [4.69, 9.17) is 4.74 Å². The predicted octanol–water partition coefficient (Wildman–Crippen LogP) is 3.62. The van der Waals surface area contributed by atoms with E-state index in [1.165, 1.54) is 10.4 Å². The van der Waals surface area contributed by atoms with Gasteiger partial charge in [0.1, 0.15) is 10.8 Å². The van der Waals surface area contributed by atoms with E-state index >= 15 is 0 Å². The maximum Gasteiger partial charge on any atom is 0.119 e. The van der Waals surface area contributed by atoms with E-state index in [0.717, 1.165) is 23.0 Å².